The number of alkyl halides is 3. The summed E-state index contributed by atoms with van der Waals surface area (Å²) in [5, 5.41) is 18.2. The van der Waals surface area contributed by atoms with Crippen molar-refractivity contribution in [2.24, 2.45) is 0 Å². The Labute approximate surface area is 256 Å². The number of tetrazole rings is 1. The summed E-state index contributed by atoms with van der Waals surface area (Å²) in [6.07, 6.45) is 4.38. The molecule has 1 aliphatic carbocycles. The highest BCUT2D eigenvalue weighted by molar-refractivity contribution is 6.32. The molecule has 6 rings (SSSR count). The van der Waals surface area contributed by atoms with Gasteiger partial charge in [-0.2, -0.15) is 18.3 Å². The molecule has 1 aromatic carbocycles. The lowest BCUT2D eigenvalue weighted by Gasteiger charge is -2.38. The fourth-order valence-electron chi connectivity index (χ4n) is 5.73. The third-order valence-electron chi connectivity index (χ3n) is 7.93. The number of aromatic nitrogens is 8. The summed E-state index contributed by atoms with van der Waals surface area (Å²) in [5.74, 6) is 0.475. The van der Waals surface area contributed by atoms with Crippen molar-refractivity contribution < 1.29 is 22.6 Å². The van der Waals surface area contributed by atoms with Gasteiger partial charge in [-0.1, -0.05) is 17.7 Å². The van der Waals surface area contributed by atoms with E-state index in [-0.39, 0.29) is 23.8 Å². The zero-order valence-corrected chi connectivity index (χ0v) is 24.7. The van der Waals surface area contributed by atoms with Crippen LogP contribution in [0.5, 0.6) is 5.75 Å². The van der Waals surface area contributed by atoms with Crippen LogP contribution < -0.4 is 10.1 Å². The molecule has 234 valence electrons. The van der Waals surface area contributed by atoms with Crippen LogP contribution in [0, 0.1) is 0 Å². The van der Waals surface area contributed by atoms with Gasteiger partial charge in [-0.15, -0.1) is 5.10 Å². The number of benzene rings is 1. The molecular weight excluding hydrogens is 601 g/mol. The van der Waals surface area contributed by atoms with Crippen LogP contribution in [0.1, 0.15) is 44.3 Å². The monoisotopic (exact) mass is 632 g/mol. The number of nitrogens with one attached hydrogen (secondary N) is 1. The lowest BCUT2D eigenvalue weighted by Crippen LogP contribution is -2.45. The minimum atomic E-state index is -4.64. The maximum atomic E-state index is 14.0. The molecular formula is C28H32ClF3N10O2. The standard InChI is InChI=1S/C28H32ClF3N10O2/c1-18(15-41-17-35-38-39-41)44-25-12-19(2-7-23(25)29)20-13-33-27(34-14-20)36-24-16-42(37-26(24)28(30,31)32)22-5-3-21(4-6-22)40-8-10-43-11-9-40/h2,7,12-14,16-18,21-22H,3-6,8-11,15H2,1H3,(H,33,34,36)/t18-,21-,22-/m0/s1. The smallest absolute Gasteiger partial charge is 0.437 e. The number of hydrogen-bond acceptors (Lipinski definition) is 10. The van der Waals surface area contributed by atoms with Gasteiger partial charge in [0.2, 0.25) is 5.95 Å². The van der Waals surface area contributed by atoms with E-state index in [4.69, 9.17) is 21.1 Å². The fourth-order valence-corrected chi connectivity index (χ4v) is 5.89. The summed E-state index contributed by atoms with van der Waals surface area (Å²) in [6.45, 7) is 5.54. The second kappa shape index (κ2) is 13.0. The van der Waals surface area contributed by atoms with Crippen LogP contribution in [0.25, 0.3) is 11.1 Å². The molecule has 3 aromatic heterocycles. The summed E-state index contributed by atoms with van der Waals surface area (Å²) >= 11 is 6.36. The molecule has 4 aromatic rings. The second-order valence-corrected chi connectivity index (χ2v) is 11.4. The van der Waals surface area contributed by atoms with Crippen molar-refractivity contribution in [3.63, 3.8) is 0 Å². The molecule has 12 nitrogen and oxygen atoms in total. The van der Waals surface area contributed by atoms with E-state index in [1.54, 1.807) is 22.9 Å². The van der Waals surface area contributed by atoms with Crippen LogP contribution in [0.2, 0.25) is 5.02 Å². The van der Waals surface area contributed by atoms with E-state index in [2.05, 4.69) is 40.8 Å². The number of morpholine rings is 1. The number of ether oxygens (including phenoxy) is 2. The van der Waals surface area contributed by atoms with Crippen LogP contribution in [-0.2, 0) is 17.5 Å². The van der Waals surface area contributed by atoms with Crippen LogP contribution in [0.3, 0.4) is 0 Å². The lowest BCUT2D eigenvalue weighted by atomic mass is 9.90. The van der Waals surface area contributed by atoms with Crippen molar-refractivity contribution >= 4 is 23.2 Å². The predicted octanol–water partition coefficient (Wildman–Crippen LogP) is 5.03. The summed E-state index contributed by atoms with van der Waals surface area (Å²) < 4.78 is 56.4. The summed E-state index contributed by atoms with van der Waals surface area (Å²) in [5.41, 5.74) is 0.186. The van der Waals surface area contributed by atoms with Gasteiger partial charge in [0.15, 0.2) is 5.69 Å². The molecule has 1 saturated heterocycles. The maximum Gasteiger partial charge on any atom is 0.437 e. The molecule has 0 radical (unpaired) electrons. The van der Waals surface area contributed by atoms with E-state index in [0.717, 1.165) is 57.6 Å². The molecule has 1 saturated carbocycles. The number of rotatable bonds is 9. The van der Waals surface area contributed by atoms with E-state index < -0.39 is 11.9 Å². The molecule has 0 bridgehead atoms. The molecule has 0 amide bonds. The van der Waals surface area contributed by atoms with Gasteiger partial charge in [0, 0.05) is 43.3 Å². The quantitative estimate of drug-likeness (QED) is 0.269. The fraction of sp³-hybridized carbons (Fsp3) is 0.500. The highest BCUT2D eigenvalue weighted by Gasteiger charge is 2.39. The molecule has 2 aliphatic rings. The Bertz CT molecular complexity index is 1520. The van der Waals surface area contributed by atoms with Crippen LogP contribution in [0.4, 0.5) is 24.8 Å². The van der Waals surface area contributed by atoms with Crippen molar-refractivity contribution in [2.45, 2.75) is 63.5 Å². The van der Waals surface area contributed by atoms with E-state index in [9.17, 15) is 13.2 Å². The van der Waals surface area contributed by atoms with Gasteiger partial charge in [0.05, 0.1) is 36.5 Å². The third kappa shape index (κ3) is 7.11. The Morgan fingerprint density at radius 3 is 2.48 bits per heavy atom. The minimum absolute atomic E-state index is 0.0235. The summed E-state index contributed by atoms with van der Waals surface area (Å²) in [6, 6.07) is 5.56. The normalized spacial score (nSPS) is 20.4. The highest BCUT2D eigenvalue weighted by atomic mass is 35.5. The first-order valence-electron chi connectivity index (χ1n) is 14.5. The number of anilines is 2. The van der Waals surface area contributed by atoms with Gasteiger partial charge < -0.3 is 14.8 Å². The van der Waals surface area contributed by atoms with E-state index in [0.29, 0.717) is 28.9 Å². The molecule has 1 N–H and O–H groups in total. The number of halogens is 4. The van der Waals surface area contributed by atoms with Gasteiger partial charge in [0.25, 0.3) is 0 Å². The predicted molar refractivity (Wildman–Crippen MR) is 155 cm³/mol. The topological polar surface area (TPSA) is 121 Å². The first-order chi connectivity index (χ1) is 21.2. The van der Waals surface area contributed by atoms with Crippen molar-refractivity contribution in [2.75, 3.05) is 31.6 Å². The zero-order chi connectivity index (χ0) is 30.7. The molecule has 0 unspecified atom stereocenters. The minimum Gasteiger partial charge on any atom is -0.487 e. The van der Waals surface area contributed by atoms with Crippen LogP contribution in [0.15, 0.2) is 43.1 Å². The molecule has 0 spiro atoms. The molecule has 1 atom stereocenters. The van der Waals surface area contributed by atoms with Gasteiger partial charge in [-0.05, 0) is 60.7 Å². The van der Waals surface area contributed by atoms with Crippen LogP contribution >= 0.6 is 11.6 Å². The van der Waals surface area contributed by atoms with E-state index >= 15 is 0 Å². The lowest BCUT2D eigenvalue weighted by molar-refractivity contribution is -0.141. The van der Waals surface area contributed by atoms with Crippen molar-refractivity contribution in [1.29, 1.82) is 0 Å². The van der Waals surface area contributed by atoms with Gasteiger partial charge in [0.1, 0.15) is 18.2 Å². The summed E-state index contributed by atoms with van der Waals surface area (Å²) in [7, 11) is 0. The molecule has 16 heteroatoms. The van der Waals surface area contributed by atoms with E-state index in [1.807, 2.05) is 6.92 Å². The highest BCUT2D eigenvalue weighted by Crippen LogP contribution is 2.38. The molecule has 44 heavy (non-hydrogen) atoms. The SMILES string of the molecule is C[C@@H](Cn1cnnn1)Oc1cc(-c2cnc(Nc3cn([C@H]4CC[C@H](N5CCOCC5)CC4)nc3C(F)(F)F)nc2)ccc1Cl. The Hall–Kier alpha value is -3.82. The molecule has 4 heterocycles. The second-order valence-electron chi connectivity index (χ2n) is 11.0. The zero-order valence-electron chi connectivity index (χ0n) is 24.0. The average Bonchev–Trinajstić information content (AvgIpc) is 3.70. The Morgan fingerprint density at radius 2 is 1.80 bits per heavy atom. The molecule has 2 fully saturated rings. The largest absolute Gasteiger partial charge is 0.487 e. The molecule has 1 aliphatic heterocycles. The Kier molecular flexibility index (Phi) is 8.96. The Balaban J connectivity index is 1.13. The third-order valence-corrected chi connectivity index (χ3v) is 8.24. The van der Waals surface area contributed by atoms with Crippen LogP contribution in [-0.4, -0.2) is 83.3 Å². The van der Waals surface area contributed by atoms with E-state index in [1.165, 1.54) is 29.6 Å². The summed E-state index contributed by atoms with van der Waals surface area (Å²) in [4.78, 5) is 11.0. The van der Waals surface area contributed by atoms with Gasteiger partial charge in [-0.3, -0.25) is 9.58 Å². The average molecular weight is 633 g/mol. The van der Waals surface area contributed by atoms with Gasteiger partial charge in [-0.25, -0.2) is 14.6 Å². The van der Waals surface area contributed by atoms with Crippen molar-refractivity contribution in [3.8, 4) is 16.9 Å². The van der Waals surface area contributed by atoms with Crippen molar-refractivity contribution in [1.82, 2.24) is 44.9 Å². The Morgan fingerprint density at radius 1 is 1.07 bits per heavy atom. The number of hydrogen-bond donors (Lipinski definition) is 1. The van der Waals surface area contributed by atoms with Crippen molar-refractivity contribution in [3.05, 3.63) is 53.8 Å². The van der Waals surface area contributed by atoms with Gasteiger partial charge >= 0.3 is 6.18 Å². The first-order valence-corrected chi connectivity index (χ1v) is 14.9. The first kappa shape index (κ1) is 30.2. The number of nitrogens with zero attached hydrogens (tertiary/aromatic N) is 9. The maximum absolute atomic E-state index is 14.0.